The third-order valence-electron chi connectivity index (χ3n) is 2.80. The second kappa shape index (κ2) is 6.56. The van der Waals surface area contributed by atoms with Crippen molar-refractivity contribution in [2.24, 2.45) is 0 Å². The maximum absolute atomic E-state index is 11.9. The van der Waals surface area contributed by atoms with Gasteiger partial charge in [-0.1, -0.05) is 40.9 Å². The van der Waals surface area contributed by atoms with E-state index in [9.17, 15) is 9.90 Å². The second-order valence-corrected chi connectivity index (χ2v) is 5.69. The molecule has 0 bridgehead atoms. The van der Waals surface area contributed by atoms with Crippen molar-refractivity contribution in [3.63, 3.8) is 0 Å². The predicted molar refractivity (Wildman–Crippen MR) is 83.7 cm³/mol. The molecule has 1 N–H and O–H groups in total. The molecule has 0 aromatic heterocycles. The van der Waals surface area contributed by atoms with E-state index in [1.54, 1.807) is 19.1 Å². The summed E-state index contributed by atoms with van der Waals surface area (Å²) < 4.78 is 5.19. The van der Waals surface area contributed by atoms with Gasteiger partial charge in [0.2, 0.25) is 0 Å². The molecule has 0 aliphatic rings. The molecule has 0 fully saturated rings. The Bertz CT molecular complexity index is 699. The fourth-order valence-corrected chi connectivity index (χ4v) is 2.31. The van der Waals surface area contributed by atoms with Crippen LogP contribution in [0.3, 0.4) is 0 Å². The van der Waals surface area contributed by atoms with E-state index < -0.39 is 5.97 Å². The van der Waals surface area contributed by atoms with E-state index in [4.69, 9.17) is 39.5 Å². The normalized spacial score (nSPS) is 10.5. The first-order chi connectivity index (χ1) is 9.86. The maximum Gasteiger partial charge on any atom is 0.315 e. The number of phenols is 1. The number of halogens is 3. The Labute approximate surface area is 137 Å². The molecular weight excluding hydrogens is 335 g/mol. The molecule has 0 saturated carbocycles. The Morgan fingerprint density at radius 3 is 2.48 bits per heavy atom. The number of aryl methyl sites for hydroxylation is 1. The van der Waals surface area contributed by atoms with E-state index in [2.05, 4.69) is 0 Å². The molecule has 0 saturated heterocycles. The van der Waals surface area contributed by atoms with Crippen molar-refractivity contribution in [2.45, 2.75) is 13.3 Å². The van der Waals surface area contributed by atoms with Crippen LogP contribution in [0.4, 0.5) is 0 Å². The lowest BCUT2D eigenvalue weighted by atomic mass is 10.1. The van der Waals surface area contributed by atoms with Crippen LogP contribution in [0.1, 0.15) is 11.1 Å². The summed E-state index contributed by atoms with van der Waals surface area (Å²) in [4.78, 5) is 11.9. The molecule has 110 valence electrons. The number of hydrogen-bond donors (Lipinski definition) is 1. The highest BCUT2D eigenvalue weighted by atomic mass is 35.5. The Morgan fingerprint density at radius 2 is 1.81 bits per heavy atom. The lowest BCUT2D eigenvalue weighted by Gasteiger charge is -2.09. The number of esters is 1. The van der Waals surface area contributed by atoms with Gasteiger partial charge in [0.15, 0.2) is 5.75 Å². The number of carbonyl (C=O) groups excluding carboxylic acids is 1. The summed E-state index contributed by atoms with van der Waals surface area (Å²) in [6.45, 7) is 1.80. The molecule has 0 atom stereocenters. The topological polar surface area (TPSA) is 46.5 Å². The van der Waals surface area contributed by atoms with Crippen LogP contribution >= 0.6 is 34.8 Å². The summed E-state index contributed by atoms with van der Waals surface area (Å²) >= 11 is 17.8. The zero-order valence-electron chi connectivity index (χ0n) is 11.0. The molecule has 0 unspecified atom stereocenters. The number of carbonyl (C=O) groups is 1. The van der Waals surface area contributed by atoms with Crippen LogP contribution in [-0.2, 0) is 11.2 Å². The number of phenolic OH excluding ortho intramolecular Hbond substituents is 1. The quantitative estimate of drug-likeness (QED) is 0.641. The molecular formula is C15H11Cl3O3. The van der Waals surface area contributed by atoms with Crippen LogP contribution in [0, 0.1) is 6.92 Å². The molecule has 0 amide bonds. The van der Waals surface area contributed by atoms with Crippen molar-refractivity contribution in [3.8, 4) is 11.5 Å². The Hall–Kier alpha value is -1.42. The Balaban J connectivity index is 2.11. The lowest BCUT2D eigenvalue weighted by molar-refractivity contribution is -0.133. The summed E-state index contributed by atoms with van der Waals surface area (Å²) in [5.74, 6) is -0.331. The van der Waals surface area contributed by atoms with Gasteiger partial charge in [0.25, 0.3) is 0 Å². The average molecular weight is 346 g/mol. The molecule has 0 spiro atoms. The summed E-state index contributed by atoms with van der Waals surface area (Å²) in [5.41, 5.74) is 1.42. The summed E-state index contributed by atoms with van der Waals surface area (Å²) in [7, 11) is 0. The highest BCUT2D eigenvalue weighted by molar-refractivity contribution is 6.34. The molecule has 6 heteroatoms. The molecule has 0 radical (unpaired) electrons. The van der Waals surface area contributed by atoms with Gasteiger partial charge in [0.1, 0.15) is 5.75 Å². The second-order valence-electron chi connectivity index (χ2n) is 4.47. The number of benzene rings is 2. The minimum absolute atomic E-state index is 0.00181. The van der Waals surface area contributed by atoms with Gasteiger partial charge in [-0.15, -0.1) is 0 Å². The molecule has 2 aromatic rings. The maximum atomic E-state index is 11.9. The van der Waals surface area contributed by atoms with Gasteiger partial charge >= 0.3 is 5.97 Å². The third-order valence-corrected chi connectivity index (χ3v) is 3.80. The molecule has 0 aliphatic carbocycles. The van der Waals surface area contributed by atoms with Crippen LogP contribution in [-0.4, -0.2) is 11.1 Å². The van der Waals surface area contributed by atoms with E-state index in [-0.39, 0.29) is 22.9 Å². The summed E-state index contributed by atoms with van der Waals surface area (Å²) in [5, 5.41) is 10.3. The monoisotopic (exact) mass is 344 g/mol. The van der Waals surface area contributed by atoms with Crippen LogP contribution < -0.4 is 4.74 Å². The van der Waals surface area contributed by atoms with Crippen molar-refractivity contribution in [2.75, 3.05) is 0 Å². The van der Waals surface area contributed by atoms with Gasteiger partial charge in [-0.05, 0) is 36.2 Å². The highest BCUT2D eigenvalue weighted by Gasteiger charge is 2.12. The van der Waals surface area contributed by atoms with Gasteiger partial charge in [-0.2, -0.15) is 0 Å². The van der Waals surface area contributed by atoms with Crippen molar-refractivity contribution < 1.29 is 14.6 Å². The average Bonchev–Trinajstić information content (AvgIpc) is 2.40. The van der Waals surface area contributed by atoms with Crippen LogP contribution in [0.2, 0.25) is 15.1 Å². The standard InChI is InChI=1S/C15H11Cl3O3/c1-8-4-12(18)14(7-10(8)16)21-15(20)6-9-2-3-13(19)11(17)5-9/h2-5,7,19H,6H2,1H3. The molecule has 0 aliphatic heterocycles. The first-order valence-electron chi connectivity index (χ1n) is 6.00. The van der Waals surface area contributed by atoms with E-state index >= 15 is 0 Å². The zero-order chi connectivity index (χ0) is 15.6. The third kappa shape index (κ3) is 4.03. The van der Waals surface area contributed by atoms with Crippen LogP contribution in [0.15, 0.2) is 30.3 Å². The van der Waals surface area contributed by atoms with Gasteiger partial charge in [0.05, 0.1) is 16.5 Å². The zero-order valence-corrected chi connectivity index (χ0v) is 13.3. The van der Waals surface area contributed by atoms with E-state index in [1.165, 1.54) is 18.2 Å². The highest BCUT2D eigenvalue weighted by Crippen LogP contribution is 2.31. The molecule has 2 rings (SSSR count). The summed E-state index contributed by atoms with van der Waals surface area (Å²) in [6, 6.07) is 7.64. The van der Waals surface area contributed by atoms with Crippen molar-refractivity contribution >= 4 is 40.8 Å². The van der Waals surface area contributed by atoms with Gasteiger partial charge in [-0.3, -0.25) is 4.79 Å². The number of aromatic hydroxyl groups is 1. The fourth-order valence-electron chi connectivity index (χ4n) is 1.69. The Kier molecular flexibility index (Phi) is 4.99. The number of rotatable bonds is 3. The fraction of sp³-hybridized carbons (Fsp3) is 0.133. The Morgan fingerprint density at radius 1 is 1.10 bits per heavy atom. The van der Waals surface area contributed by atoms with Crippen molar-refractivity contribution in [1.82, 2.24) is 0 Å². The summed E-state index contributed by atoms with van der Waals surface area (Å²) in [6.07, 6.45) is 0.00181. The molecule has 2 aromatic carbocycles. The molecule has 21 heavy (non-hydrogen) atoms. The predicted octanol–water partition coefficient (Wildman–Crippen LogP) is 4.81. The lowest BCUT2D eigenvalue weighted by Crippen LogP contribution is -2.11. The van der Waals surface area contributed by atoms with E-state index in [1.807, 2.05) is 0 Å². The van der Waals surface area contributed by atoms with E-state index in [0.717, 1.165) is 5.56 Å². The molecule has 0 heterocycles. The van der Waals surface area contributed by atoms with Crippen LogP contribution in [0.25, 0.3) is 0 Å². The molecule has 3 nitrogen and oxygen atoms in total. The van der Waals surface area contributed by atoms with Crippen molar-refractivity contribution in [3.05, 3.63) is 56.5 Å². The first-order valence-corrected chi connectivity index (χ1v) is 7.14. The van der Waals surface area contributed by atoms with Gasteiger partial charge in [-0.25, -0.2) is 0 Å². The van der Waals surface area contributed by atoms with Crippen molar-refractivity contribution in [1.29, 1.82) is 0 Å². The smallest absolute Gasteiger partial charge is 0.315 e. The minimum atomic E-state index is -0.501. The van der Waals surface area contributed by atoms with Crippen LogP contribution in [0.5, 0.6) is 11.5 Å². The van der Waals surface area contributed by atoms with Gasteiger partial charge < -0.3 is 9.84 Å². The van der Waals surface area contributed by atoms with E-state index in [0.29, 0.717) is 15.6 Å². The number of ether oxygens (including phenoxy) is 1. The minimum Gasteiger partial charge on any atom is -0.506 e. The number of hydrogen-bond acceptors (Lipinski definition) is 3. The SMILES string of the molecule is Cc1cc(Cl)c(OC(=O)Cc2ccc(O)c(Cl)c2)cc1Cl. The largest absolute Gasteiger partial charge is 0.506 e. The van der Waals surface area contributed by atoms with Gasteiger partial charge in [0, 0.05) is 11.1 Å². The first kappa shape index (κ1) is 16.0.